The predicted molar refractivity (Wildman–Crippen MR) is 88.0 cm³/mol. The highest BCUT2D eigenvalue weighted by atomic mass is 16.6. The number of nitrogens with one attached hydrogen (secondary N) is 1. The van der Waals surface area contributed by atoms with Crippen LogP contribution >= 0.6 is 0 Å². The van der Waals surface area contributed by atoms with E-state index in [1.54, 1.807) is 12.1 Å². The molecule has 0 radical (unpaired) electrons. The van der Waals surface area contributed by atoms with Crippen LogP contribution in [0.25, 0.3) is 0 Å². The van der Waals surface area contributed by atoms with Gasteiger partial charge in [0.25, 0.3) is 5.91 Å². The molecule has 2 aromatic rings. The minimum atomic E-state index is -0.558. The van der Waals surface area contributed by atoms with Crippen molar-refractivity contribution < 1.29 is 23.9 Å². The quantitative estimate of drug-likeness (QED) is 0.635. The van der Waals surface area contributed by atoms with Crippen LogP contribution in [0.3, 0.4) is 0 Å². The average Bonchev–Trinajstić information content (AvgIpc) is 2.64. The highest BCUT2D eigenvalue weighted by molar-refractivity contribution is 5.77. The molecule has 8 nitrogen and oxygen atoms in total. The van der Waals surface area contributed by atoms with Gasteiger partial charge in [-0.05, 0) is 18.2 Å². The number of rotatable bonds is 6. The van der Waals surface area contributed by atoms with Crippen molar-refractivity contribution in [2.45, 2.75) is 6.10 Å². The zero-order valence-electron chi connectivity index (χ0n) is 13.2. The summed E-state index contributed by atoms with van der Waals surface area (Å²) < 4.78 is 16.5. The van der Waals surface area contributed by atoms with Gasteiger partial charge >= 0.3 is 5.69 Å². The normalized spacial score (nSPS) is 15.3. The van der Waals surface area contributed by atoms with E-state index in [1.807, 2.05) is 18.2 Å². The Labute approximate surface area is 143 Å². The Morgan fingerprint density at radius 3 is 2.72 bits per heavy atom. The van der Waals surface area contributed by atoms with Gasteiger partial charge in [-0.3, -0.25) is 14.9 Å². The number of amides is 1. The van der Waals surface area contributed by atoms with Crippen LogP contribution in [0, 0.1) is 10.1 Å². The number of hydrogen-bond acceptors (Lipinski definition) is 6. The molecule has 0 spiro atoms. The van der Waals surface area contributed by atoms with Crippen LogP contribution in [0.2, 0.25) is 0 Å². The lowest BCUT2D eigenvalue weighted by molar-refractivity contribution is -0.385. The topological polar surface area (TPSA) is 99.9 Å². The number of carbonyl (C=O) groups excluding carboxylic acids is 1. The van der Waals surface area contributed by atoms with Gasteiger partial charge in [0.05, 0.1) is 11.5 Å². The summed E-state index contributed by atoms with van der Waals surface area (Å²) >= 11 is 0. The molecule has 0 aliphatic carbocycles. The number of fused-ring (bicyclic) bond motifs is 1. The maximum absolute atomic E-state index is 11.9. The monoisotopic (exact) mass is 344 g/mol. The van der Waals surface area contributed by atoms with Crippen LogP contribution in [-0.2, 0) is 4.79 Å². The second-order valence-electron chi connectivity index (χ2n) is 5.32. The number of nitro groups is 1. The highest BCUT2D eigenvalue weighted by Crippen LogP contribution is 2.30. The predicted octanol–water partition coefficient (Wildman–Crippen LogP) is 1.93. The minimum absolute atomic E-state index is 0.0498. The first kappa shape index (κ1) is 16.6. The summed E-state index contributed by atoms with van der Waals surface area (Å²) in [5.41, 5.74) is -0.184. The molecule has 0 aromatic heterocycles. The SMILES string of the molecule is O=C(COc1ccccc1[N+](=O)[O-])NC[C@H]1COc2ccccc2O1. The second-order valence-corrected chi connectivity index (χ2v) is 5.32. The molecule has 1 atom stereocenters. The van der Waals surface area contributed by atoms with Gasteiger partial charge in [0.2, 0.25) is 0 Å². The number of ether oxygens (including phenoxy) is 3. The van der Waals surface area contributed by atoms with Crippen molar-refractivity contribution in [3.8, 4) is 17.2 Å². The first-order valence-corrected chi connectivity index (χ1v) is 7.65. The van der Waals surface area contributed by atoms with Crippen molar-refractivity contribution in [1.82, 2.24) is 5.32 Å². The van der Waals surface area contributed by atoms with E-state index >= 15 is 0 Å². The van der Waals surface area contributed by atoms with Gasteiger partial charge in [-0.25, -0.2) is 0 Å². The van der Waals surface area contributed by atoms with E-state index in [2.05, 4.69) is 5.32 Å². The molecule has 3 rings (SSSR count). The third-order valence-electron chi connectivity index (χ3n) is 3.52. The van der Waals surface area contributed by atoms with Crippen molar-refractivity contribution in [3.05, 3.63) is 58.6 Å². The number of nitro benzene ring substituents is 1. The first-order chi connectivity index (χ1) is 12.1. The van der Waals surface area contributed by atoms with Gasteiger partial charge in [-0.2, -0.15) is 0 Å². The molecular formula is C17H16N2O6. The minimum Gasteiger partial charge on any atom is -0.486 e. The molecule has 1 aliphatic heterocycles. The summed E-state index contributed by atoms with van der Waals surface area (Å²) in [5.74, 6) is 0.948. The summed E-state index contributed by atoms with van der Waals surface area (Å²) in [6.45, 7) is 0.241. The zero-order valence-corrected chi connectivity index (χ0v) is 13.2. The van der Waals surface area contributed by atoms with Gasteiger partial charge in [-0.1, -0.05) is 24.3 Å². The van der Waals surface area contributed by atoms with Crippen molar-refractivity contribution in [3.63, 3.8) is 0 Å². The first-order valence-electron chi connectivity index (χ1n) is 7.65. The largest absolute Gasteiger partial charge is 0.486 e. The summed E-state index contributed by atoms with van der Waals surface area (Å²) in [7, 11) is 0. The Kier molecular flexibility index (Phi) is 4.98. The molecule has 1 heterocycles. The van der Waals surface area contributed by atoms with Gasteiger partial charge in [0.15, 0.2) is 23.9 Å². The Morgan fingerprint density at radius 2 is 1.92 bits per heavy atom. The second kappa shape index (κ2) is 7.52. The fourth-order valence-corrected chi connectivity index (χ4v) is 2.32. The molecule has 1 N–H and O–H groups in total. The molecule has 0 unspecified atom stereocenters. The molecule has 0 bridgehead atoms. The van der Waals surface area contributed by atoms with Crippen molar-refractivity contribution >= 4 is 11.6 Å². The van der Waals surface area contributed by atoms with E-state index in [4.69, 9.17) is 14.2 Å². The summed E-state index contributed by atoms with van der Waals surface area (Å²) in [6, 6.07) is 13.2. The fourth-order valence-electron chi connectivity index (χ4n) is 2.32. The van der Waals surface area contributed by atoms with E-state index in [1.165, 1.54) is 18.2 Å². The van der Waals surface area contributed by atoms with Gasteiger partial charge in [0, 0.05) is 6.07 Å². The van der Waals surface area contributed by atoms with Crippen LogP contribution in [0.5, 0.6) is 17.2 Å². The lowest BCUT2D eigenvalue weighted by Crippen LogP contribution is -2.42. The number of hydrogen-bond donors (Lipinski definition) is 1. The standard InChI is InChI=1S/C17H16N2O6/c20-17(11-24-14-6-2-1-5-13(14)19(21)22)18-9-12-10-23-15-7-3-4-8-16(15)25-12/h1-8,12H,9-11H2,(H,18,20)/t12-/m0/s1. The molecule has 2 aromatic carbocycles. The number of nitrogens with zero attached hydrogens (tertiary/aromatic N) is 1. The van der Waals surface area contributed by atoms with E-state index < -0.39 is 10.8 Å². The third kappa shape index (κ3) is 4.17. The Hall–Kier alpha value is -3.29. The van der Waals surface area contributed by atoms with Gasteiger partial charge < -0.3 is 19.5 Å². The zero-order chi connectivity index (χ0) is 17.6. The molecule has 0 saturated heterocycles. The number of para-hydroxylation sites is 4. The lowest BCUT2D eigenvalue weighted by atomic mass is 10.2. The number of carbonyl (C=O) groups is 1. The molecule has 1 aliphatic rings. The Balaban J connectivity index is 1.47. The molecule has 130 valence electrons. The number of benzene rings is 2. The van der Waals surface area contributed by atoms with Crippen LogP contribution in [0.15, 0.2) is 48.5 Å². The molecule has 0 saturated carbocycles. The molecule has 25 heavy (non-hydrogen) atoms. The maximum atomic E-state index is 11.9. The molecule has 1 amide bonds. The summed E-state index contributed by atoms with van der Waals surface area (Å²) in [4.78, 5) is 22.2. The van der Waals surface area contributed by atoms with Crippen LogP contribution in [0.1, 0.15) is 0 Å². The van der Waals surface area contributed by atoms with Crippen molar-refractivity contribution in [2.24, 2.45) is 0 Å². The van der Waals surface area contributed by atoms with Crippen LogP contribution < -0.4 is 19.5 Å². The van der Waals surface area contributed by atoms with Crippen molar-refractivity contribution in [2.75, 3.05) is 19.8 Å². The van der Waals surface area contributed by atoms with Crippen LogP contribution in [-0.4, -0.2) is 36.7 Å². The maximum Gasteiger partial charge on any atom is 0.310 e. The molecule has 0 fully saturated rings. The van der Waals surface area contributed by atoms with E-state index in [-0.39, 0.29) is 30.7 Å². The smallest absolute Gasteiger partial charge is 0.310 e. The van der Waals surface area contributed by atoms with E-state index in [0.717, 1.165) is 0 Å². The van der Waals surface area contributed by atoms with Crippen molar-refractivity contribution in [1.29, 1.82) is 0 Å². The Morgan fingerprint density at radius 1 is 1.20 bits per heavy atom. The lowest BCUT2D eigenvalue weighted by Gasteiger charge is -2.26. The summed E-state index contributed by atoms with van der Waals surface area (Å²) in [6.07, 6.45) is -0.315. The fraction of sp³-hybridized carbons (Fsp3) is 0.235. The third-order valence-corrected chi connectivity index (χ3v) is 3.52. The van der Waals surface area contributed by atoms with Gasteiger partial charge in [-0.15, -0.1) is 0 Å². The molecular weight excluding hydrogens is 328 g/mol. The molecule has 8 heteroatoms. The summed E-state index contributed by atoms with van der Waals surface area (Å²) in [5, 5.41) is 13.6. The van der Waals surface area contributed by atoms with Crippen LogP contribution in [0.4, 0.5) is 5.69 Å². The average molecular weight is 344 g/mol. The highest BCUT2D eigenvalue weighted by Gasteiger charge is 2.21. The Bertz CT molecular complexity index is 779. The van der Waals surface area contributed by atoms with E-state index in [0.29, 0.717) is 18.1 Å². The van der Waals surface area contributed by atoms with Gasteiger partial charge in [0.1, 0.15) is 12.7 Å². The van der Waals surface area contributed by atoms with E-state index in [9.17, 15) is 14.9 Å².